The van der Waals surface area contributed by atoms with Crippen LogP contribution in [0.5, 0.6) is 0 Å². The molecular weight excluding hydrogens is 770 g/mol. The predicted molar refractivity (Wildman–Crippen MR) is 185 cm³/mol. The van der Waals surface area contributed by atoms with E-state index in [1.54, 1.807) is 5.19 Å². The molecule has 2 atom stereocenters. The van der Waals surface area contributed by atoms with Gasteiger partial charge in [0, 0.05) is 0 Å². The summed E-state index contributed by atoms with van der Waals surface area (Å²) in [6.45, 7) is 11.0. The fourth-order valence-corrected chi connectivity index (χ4v) is 8.19. The summed E-state index contributed by atoms with van der Waals surface area (Å²) >= 11 is 1.36. The monoisotopic (exact) mass is 808 g/mol. The molecule has 0 aromatic heterocycles. The van der Waals surface area contributed by atoms with E-state index in [0.29, 0.717) is 11.8 Å². The topological polar surface area (TPSA) is 0 Å². The second-order valence-electron chi connectivity index (χ2n) is 11.4. The first-order valence-corrected chi connectivity index (χ1v) is 22.4. The summed E-state index contributed by atoms with van der Waals surface area (Å²) < 4.78 is 0. The molecule has 5 aromatic rings. The normalized spacial score (nSPS) is 16.4. The predicted octanol–water partition coefficient (Wildman–Crippen LogP) is 4.31. The maximum atomic E-state index is 3.44. The van der Waals surface area contributed by atoms with Crippen molar-refractivity contribution in [3.8, 4) is 0 Å². The van der Waals surface area contributed by atoms with Crippen LogP contribution < -0.4 is 30.0 Å². The van der Waals surface area contributed by atoms with Gasteiger partial charge in [0.05, 0.1) is 0 Å². The third-order valence-electron chi connectivity index (χ3n) is 7.86. The molecule has 0 bridgehead atoms. The Kier molecular flexibility index (Phi) is 14.1. The first kappa shape index (κ1) is 36.7. The Morgan fingerprint density at radius 2 is 0.911 bits per heavy atom. The van der Waals surface area contributed by atoms with E-state index < -0.39 is 0 Å². The van der Waals surface area contributed by atoms with Gasteiger partial charge < -0.3 is 24.8 Å². The van der Waals surface area contributed by atoms with Crippen molar-refractivity contribution in [3.05, 3.63) is 162 Å². The molecule has 5 aromatic carbocycles. The Morgan fingerprint density at radius 1 is 0.533 bits per heavy atom. The number of rotatable bonds is 3. The maximum Gasteiger partial charge on any atom is -1.00 e. The Hall–Kier alpha value is -2.75. The molecule has 4 heteroatoms. The SMILES string of the molecule is CC1=[C-]C(C)C=C1c1ccc2ccccc2c1.CC1=[C-]C(C)C=C1c1ccc2ccccc2c1.C[Si](=[Hf+2])c1ccccc1.[Cl-].[Cl-]. The second-order valence-corrected chi connectivity index (χ2v) is 21.3. The van der Waals surface area contributed by atoms with Gasteiger partial charge in [0.1, 0.15) is 0 Å². The molecule has 2 aliphatic carbocycles. The molecule has 0 saturated heterocycles. The van der Waals surface area contributed by atoms with E-state index in [-0.39, 0.29) is 30.3 Å². The minimum absolute atomic E-state index is 0. The van der Waals surface area contributed by atoms with Gasteiger partial charge in [-0.1, -0.05) is 136 Å². The number of fused-ring (bicyclic) bond motifs is 2. The van der Waals surface area contributed by atoms with Crippen LogP contribution in [0, 0.1) is 24.0 Å². The molecule has 0 spiro atoms. The molecule has 0 heterocycles. The minimum Gasteiger partial charge on any atom is -1.00 e. The quantitative estimate of drug-likeness (QED) is 0.189. The van der Waals surface area contributed by atoms with Crippen LogP contribution >= 0.6 is 0 Å². The van der Waals surface area contributed by atoms with Crippen LogP contribution in [-0.2, 0) is 23.0 Å². The molecule has 0 fully saturated rings. The summed E-state index contributed by atoms with van der Waals surface area (Å²) in [6.07, 6.45) is 11.5. The summed E-state index contributed by atoms with van der Waals surface area (Å²) in [5.41, 5.74) is 7.75. The number of hydrogen-bond donors (Lipinski definition) is 0. The maximum absolute atomic E-state index is 3.44. The fourth-order valence-electron chi connectivity index (χ4n) is 5.70. The Labute approximate surface area is 297 Å². The van der Waals surface area contributed by atoms with Crippen LogP contribution in [-0.4, -0.2) is 5.49 Å². The average Bonchev–Trinajstić information content (AvgIpc) is 3.56. The first-order valence-electron chi connectivity index (χ1n) is 15.0. The molecule has 0 radical (unpaired) electrons. The zero-order chi connectivity index (χ0) is 30.3. The largest absolute Gasteiger partial charge is 1.00 e. The van der Waals surface area contributed by atoms with Crippen molar-refractivity contribution in [2.75, 3.05) is 0 Å². The van der Waals surface area contributed by atoms with Crippen molar-refractivity contribution in [1.29, 1.82) is 0 Å². The van der Waals surface area contributed by atoms with Crippen molar-refractivity contribution in [1.82, 2.24) is 0 Å². The Balaban J connectivity index is 0.000000189. The van der Waals surface area contributed by atoms with Gasteiger partial charge in [-0.3, -0.25) is 12.2 Å². The summed E-state index contributed by atoms with van der Waals surface area (Å²) in [5.74, 6) is 0.882. The molecule has 2 unspecified atom stereocenters. The standard InChI is InChI=1S/2C17H15.C7H8Si.2ClH.Hf/c2*1-12-9-13(2)17(10-12)16-8-7-14-5-3-4-6-15(14)11-16;1-8-7-5-3-2-4-6-7;;;/h2*3-8,10-12H,1-2H3;2-6H,1H3;2*1H;/q2*-1;;;;+2/p-2. The van der Waals surface area contributed by atoms with Crippen LogP contribution in [0.2, 0.25) is 6.55 Å². The van der Waals surface area contributed by atoms with Crippen LogP contribution in [0.4, 0.5) is 0 Å². The Bertz CT molecular complexity index is 1780. The van der Waals surface area contributed by atoms with E-state index in [0.717, 1.165) is 0 Å². The molecule has 2 aliphatic rings. The van der Waals surface area contributed by atoms with E-state index >= 15 is 0 Å². The van der Waals surface area contributed by atoms with Gasteiger partial charge in [-0.2, -0.15) is 23.3 Å². The summed E-state index contributed by atoms with van der Waals surface area (Å²) in [4.78, 5) is 0. The van der Waals surface area contributed by atoms with Crippen LogP contribution in [0.15, 0.2) is 139 Å². The number of benzene rings is 5. The molecule has 0 nitrogen and oxygen atoms in total. The van der Waals surface area contributed by atoms with E-state index in [2.05, 4.69) is 174 Å². The zero-order valence-electron chi connectivity index (χ0n) is 26.5. The van der Waals surface area contributed by atoms with Gasteiger partial charge in [0.15, 0.2) is 0 Å². The number of hydrogen-bond acceptors (Lipinski definition) is 0. The van der Waals surface area contributed by atoms with E-state index in [1.807, 2.05) is 0 Å². The third kappa shape index (κ3) is 9.62. The van der Waals surface area contributed by atoms with E-state index in [1.165, 1.54) is 78.0 Å². The molecule has 7 rings (SSSR count). The third-order valence-corrected chi connectivity index (χ3v) is 12.2. The summed E-state index contributed by atoms with van der Waals surface area (Å²) in [5, 5.41) is 6.78. The van der Waals surface area contributed by atoms with Gasteiger partial charge in [-0.15, -0.1) is 0 Å². The molecular formula is C41H38Cl2HfSi-2. The van der Waals surface area contributed by atoms with Crippen LogP contribution in [0.25, 0.3) is 32.7 Å². The zero-order valence-corrected chi connectivity index (χ0v) is 32.6. The van der Waals surface area contributed by atoms with Crippen molar-refractivity contribution < 1.29 is 47.8 Å². The van der Waals surface area contributed by atoms with Gasteiger partial charge in [0.25, 0.3) is 0 Å². The summed E-state index contributed by atoms with van der Waals surface area (Å²) in [6, 6.07) is 41.1. The summed E-state index contributed by atoms with van der Waals surface area (Å²) in [7, 11) is 0. The molecule has 0 saturated carbocycles. The van der Waals surface area contributed by atoms with E-state index in [4.69, 9.17) is 0 Å². The van der Waals surface area contributed by atoms with Gasteiger partial charge in [-0.25, -0.2) is 11.1 Å². The van der Waals surface area contributed by atoms with E-state index in [9.17, 15) is 0 Å². The molecule has 0 amide bonds. The molecule has 0 aliphatic heterocycles. The Morgan fingerprint density at radius 3 is 1.24 bits per heavy atom. The second kappa shape index (κ2) is 17.2. The molecule has 226 valence electrons. The van der Waals surface area contributed by atoms with Crippen molar-refractivity contribution >= 4 is 43.4 Å². The smallest absolute Gasteiger partial charge is 1.00 e. The molecule has 45 heavy (non-hydrogen) atoms. The number of allylic oxidation sites excluding steroid dienone is 8. The van der Waals surface area contributed by atoms with Gasteiger partial charge in [-0.05, 0) is 21.5 Å². The fraction of sp³-hybridized carbons (Fsp3) is 0.171. The number of halogens is 2. The minimum atomic E-state index is -0.0733. The van der Waals surface area contributed by atoms with Crippen molar-refractivity contribution in [2.45, 2.75) is 34.2 Å². The van der Waals surface area contributed by atoms with Crippen molar-refractivity contribution in [3.63, 3.8) is 0 Å². The van der Waals surface area contributed by atoms with Crippen LogP contribution in [0.3, 0.4) is 0 Å². The molecule has 0 N–H and O–H groups in total. The van der Waals surface area contributed by atoms with Gasteiger partial charge in [0.2, 0.25) is 0 Å². The average molecular weight is 808 g/mol. The first-order chi connectivity index (χ1) is 20.8. The van der Waals surface area contributed by atoms with Crippen LogP contribution in [0.1, 0.15) is 38.8 Å². The van der Waals surface area contributed by atoms with Gasteiger partial charge >= 0.3 is 70.6 Å². The van der Waals surface area contributed by atoms with Crippen molar-refractivity contribution in [2.24, 2.45) is 11.8 Å².